The molecule has 2 aliphatic carbocycles. The van der Waals surface area contributed by atoms with Gasteiger partial charge < -0.3 is 10.6 Å². The maximum Gasteiger partial charge on any atom is 2.00 e. The van der Waals surface area contributed by atoms with Crippen molar-refractivity contribution in [3.05, 3.63) is 143 Å². The minimum Gasteiger partial charge on any atom is -0.691 e. The topological polar surface area (TPSA) is 28.2 Å². The average molecular weight is 452 g/mol. The molecule has 2 aromatic rings. The van der Waals surface area contributed by atoms with Gasteiger partial charge in [0.1, 0.15) is 0 Å². The molecule has 0 saturated heterocycles. The SMILES string of the molecule is C1=CC(=C[N-]CC[N-]C=C2C=CC=C2)C=C1.[Fe+2].[Fe+2].c1cc[cH-]c1.c1cc[cH-]c1. The van der Waals surface area contributed by atoms with Crippen LogP contribution in [0.2, 0.25) is 0 Å². The zero-order chi connectivity index (χ0) is 18.1. The Hall–Kier alpha value is -2.22. The van der Waals surface area contributed by atoms with Crippen molar-refractivity contribution in [2.75, 3.05) is 13.1 Å². The number of allylic oxidation sites excluding steroid dienone is 10. The monoisotopic (exact) mass is 452 g/mol. The van der Waals surface area contributed by atoms with Crippen molar-refractivity contribution in [3.63, 3.8) is 0 Å². The Labute approximate surface area is 190 Å². The molecule has 146 valence electrons. The van der Waals surface area contributed by atoms with Gasteiger partial charge in [-0.05, 0) is 11.1 Å². The quantitative estimate of drug-likeness (QED) is 0.279. The fraction of sp³-hybridized carbons (Fsp3) is 0.0833. The summed E-state index contributed by atoms with van der Waals surface area (Å²) in [7, 11) is 0. The van der Waals surface area contributed by atoms with E-state index in [2.05, 4.69) is 10.6 Å². The molecule has 2 aliphatic rings. The van der Waals surface area contributed by atoms with Crippen molar-refractivity contribution in [1.82, 2.24) is 0 Å². The zero-order valence-corrected chi connectivity index (χ0v) is 17.8. The number of nitrogens with zero attached hydrogens (tertiary/aromatic N) is 2. The van der Waals surface area contributed by atoms with Crippen LogP contribution in [0.4, 0.5) is 0 Å². The molecule has 0 aromatic heterocycles. The molecule has 0 amide bonds. The van der Waals surface area contributed by atoms with E-state index < -0.39 is 0 Å². The van der Waals surface area contributed by atoms with Crippen LogP contribution in [0.15, 0.2) is 133 Å². The number of hydrogen-bond donors (Lipinski definition) is 0. The Morgan fingerprint density at radius 3 is 1.14 bits per heavy atom. The summed E-state index contributed by atoms with van der Waals surface area (Å²) >= 11 is 0. The number of rotatable bonds is 5. The largest absolute Gasteiger partial charge is 2.00 e. The summed E-state index contributed by atoms with van der Waals surface area (Å²) in [5, 5.41) is 8.59. The summed E-state index contributed by atoms with van der Waals surface area (Å²) in [5.74, 6) is 0. The van der Waals surface area contributed by atoms with Gasteiger partial charge in [-0.25, -0.2) is 24.3 Å². The smallest absolute Gasteiger partial charge is 0.691 e. The normalized spacial score (nSPS) is 12.0. The molecule has 0 radical (unpaired) electrons. The standard InChI is InChI=1S/C14H14N2.2C5H5.2Fe/c1-2-6-13(5-1)11-15-9-10-16-12-14-7-3-4-8-14;2*1-2-4-5-3-1;;/h1-8,11-12H,9-10H2;2*1-5H;;/q-2;2*-1;2*+2. The third-order valence-electron chi connectivity index (χ3n) is 3.33. The fourth-order valence-electron chi connectivity index (χ4n) is 2.05. The van der Waals surface area contributed by atoms with Gasteiger partial charge in [0.05, 0.1) is 0 Å². The van der Waals surface area contributed by atoms with Gasteiger partial charge >= 0.3 is 34.1 Å². The molecule has 0 saturated carbocycles. The van der Waals surface area contributed by atoms with E-state index in [1.54, 1.807) is 0 Å². The first-order valence-electron chi connectivity index (χ1n) is 8.71. The molecule has 0 N–H and O–H groups in total. The van der Waals surface area contributed by atoms with Crippen LogP contribution in [0.5, 0.6) is 0 Å². The van der Waals surface area contributed by atoms with Gasteiger partial charge in [-0.15, -0.1) is 13.1 Å². The molecule has 4 rings (SSSR count). The molecular formula is C24H24Fe2N2. The fourth-order valence-corrected chi connectivity index (χ4v) is 2.05. The second-order valence-electron chi connectivity index (χ2n) is 5.43. The maximum atomic E-state index is 4.29. The Morgan fingerprint density at radius 1 is 0.571 bits per heavy atom. The average Bonchev–Trinajstić information content (AvgIpc) is 3.48. The summed E-state index contributed by atoms with van der Waals surface area (Å²) in [6, 6.07) is 20.0. The van der Waals surface area contributed by atoms with E-state index in [4.69, 9.17) is 0 Å². The molecule has 0 bridgehead atoms. The summed E-state index contributed by atoms with van der Waals surface area (Å²) in [6.07, 6.45) is 20.0. The molecule has 2 aromatic carbocycles. The summed E-state index contributed by atoms with van der Waals surface area (Å²) in [5.41, 5.74) is 2.31. The van der Waals surface area contributed by atoms with E-state index in [0.717, 1.165) is 24.2 Å². The van der Waals surface area contributed by atoms with Crippen molar-refractivity contribution in [2.45, 2.75) is 0 Å². The maximum absolute atomic E-state index is 4.29. The third kappa shape index (κ3) is 13.0. The van der Waals surface area contributed by atoms with Crippen LogP contribution in [0, 0.1) is 0 Å². The van der Waals surface area contributed by atoms with E-state index in [-0.39, 0.29) is 34.1 Å². The van der Waals surface area contributed by atoms with E-state index in [1.165, 1.54) is 0 Å². The van der Waals surface area contributed by atoms with Crippen molar-refractivity contribution in [3.8, 4) is 0 Å². The van der Waals surface area contributed by atoms with Crippen LogP contribution in [0.25, 0.3) is 10.6 Å². The van der Waals surface area contributed by atoms with Crippen LogP contribution in [-0.4, -0.2) is 13.1 Å². The minimum atomic E-state index is 0. The summed E-state index contributed by atoms with van der Waals surface area (Å²) in [6.45, 7) is 1.48. The molecule has 0 spiro atoms. The second-order valence-corrected chi connectivity index (χ2v) is 5.43. The van der Waals surface area contributed by atoms with Crippen LogP contribution >= 0.6 is 0 Å². The molecule has 28 heavy (non-hydrogen) atoms. The van der Waals surface area contributed by atoms with E-state index in [9.17, 15) is 0 Å². The molecule has 0 heterocycles. The van der Waals surface area contributed by atoms with Gasteiger partial charge in [-0.1, -0.05) is 48.6 Å². The van der Waals surface area contributed by atoms with Gasteiger partial charge in [0.15, 0.2) is 0 Å². The number of hydrogen-bond acceptors (Lipinski definition) is 0. The van der Waals surface area contributed by atoms with Crippen molar-refractivity contribution in [1.29, 1.82) is 0 Å². The first kappa shape index (κ1) is 25.8. The van der Waals surface area contributed by atoms with Crippen LogP contribution < -0.4 is 0 Å². The van der Waals surface area contributed by atoms with Crippen molar-refractivity contribution < 1.29 is 34.1 Å². The summed E-state index contributed by atoms with van der Waals surface area (Å²) in [4.78, 5) is 0. The second kappa shape index (κ2) is 18.2. The van der Waals surface area contributed by atoms with Gasteiger partial charge in [0, 0.05) is 0 Å². The molecule has 0 atom stereocenters. The predicted octanol–water partition coefficient (Wildman–Crippen LogP) is 6.56. The first-order valence-corrected chi connectivity index (χ1v) is 8.71. The van der Waals surface area contributed by atoms with Gasteiger partial charge in [-0.2, -0.15) is 48.8 Å². The zero-order valence-electron chi connectivity index (χ0n) is 15.6. The molecule has 2 nitrogen and oxygen atoms in total. The first-order chi connectivity index (χ1) is 12.9. The minimum absolute atomic E-state index is 0. The van der Waals surface area contributed by atoms with Gasteiger partial charge in [0.2, 0.25) is 0 Å². The Balaban J connectivity index is 0.000000500. The summed E-state index contributed by atoms with van der Waals surface area (Å²) < 4.78 is 0. The van der Waals surface area contributed by atoms with Gasteiger partial charge in [-0.3, -0.25) is 0 Å². The Bertz CT molecular complexity index is 618. The van der Waals surface area contributed by atoms with E-state index in [1.807, 2.05) is 122 Å². The third-order valence-corrected chi connectivity index (χ3v) is 3.33. The van der Waals surface area contributed by atoms with Crippen LogP contribution in [0.3, 0.4) is 0 Å². The van der Waals surface area contributed by atoms with E-state index in [0.29, 0.717) is 0 Å². The predicted molar refractivity (Wildman–Crippen MR) is 113 cm³/mol. The molecule has 4 heteroatoms. The Kier molecular flexibility index (Phi) is 16.7. The Morgan fingerprint density at radius 2 is 0.893 bits per heavy atom. The molecule has 0 unspecified atom stereocenters. The molecule has 0 fully saturated rings. The van der Waals surface area contributed by atoms with Crippen LogP contribution in [-0.2, 0) is 34.1 Å². The van der Waals surface area contributed by atoms with Crippen molar-refractivity contribution in [2.24, 2.45) is 0 Å². The molecular weight excluding hydrogens is 428 g/mol. The van der Waals surface area contributed by atoms with Gasteiger partial charge in [0.25, 0.3) is 0 Å². The molecule has 0 aliphatic heterocycles. The van der Waals surface area contributed by atoms with Crippen molar-refractivity contribution >= 4 is 0 Å². The van der Waals surface area contributed by atoms with E-state index >= 15 is 0 Å². The van der Waals surface area contributed by atoms with Crippen LogP contribution in [0.1, 0.15) is 0 Å².